The summed E-state index contributed by atoms with van der Waals surface area (Å²) in [6, 6.07) is 14.0. The summed E-state index contributed by atoms with van der Waals surface area (Å²) in [5.41, 5.74) is 5.62. The Hall–Kier alpha value is -2.92. The van der Waals surface area contributed by atoms with Crippen LogP contribution < -0.4 is 10.1 Å². The van der Waals surface area contributed by atoms with Crippen molar-refractivity contribution >= 4 is 22.5 Å². The molecule has 1 heterocycles. The molecular formula is C23H27N3O2. The first-order valence-electron chi connectivity index (χ1n) is 9.48. The maximum absolute atomic E-state index is 12.2. The molecule has 3 rings (SSSR count). The Kier molecular flexibility index (Phi) is 5.95. The molecule has 1 amide bonds. The number of carbonyl (C=O) groups is 1. The summed E-state index contributed by atoms with van der Waals surface area (Å²) in [5, 5.41) is 4.08. The van der Waals surface area contributed by atoms with Gasteiger partial charge in [0.15, 0.2) is 0 Å². The molecule has 5 heteroatoms. The van der Waals surface area contributed by atoms with Crippen molar-refractivity contribution in [1.29, 1.82) is 0 Å². The molecule has 0 aliphatic rings. The van der Waals surface area contributed by atoms with Gasteiger partial charge in [-0.2, -0.15) is 0 Å². The number of nitrogens with one attached hydrogen (secondary N) is 1. The molecule has 0 aliphatic carbocycles. The van der Waals surface area contributed by atoms with Gasteiger partial charge in [0, 0.05) is 16.6 Å². The normalized spacial score (nSPS) is 11.1. The van der Waals surface area contributed by atoms with E-state index in [2.05, 4.69) is 18.3 Å². The number of pyridine rings is 1. The van der Waals surface area contributed by atoms with E-state index in [0.717, 1.165) is 44.7 Å². The van der Waals surface area contributed by atoms with Crippen molar-refractivity contribution in [3.8, 4) is 17.0 Å². The number of carbonyl (C=O) groups excluding carboxylic acids is 1. The molecule has 146 valence electrons. The van der Waals surface area contributed by atoms with Gasteiger partial charge in [-0.25, -0.2) is 4.98 Å². The molecule has 0 aliphatic heterocycles. The van der Waals surface area contributed by atoms with E-state index < -0.39 is 0 Å². The highest BCUT2D eigenvalue weighted by molar-refractivity contribution is 5.98. The second-order valence-corrected chi connectivity index (χ2v) is 7.17. The van der Waals surface area contributed by atoms with Gasteiger partial charge >= 0.3 is 0 Å². The smallest absolute Gasteiger partial charge is 0.238 e. The van der Waals surface area contributed by atoms with Crippen LogP contribution in [0.1, 0.15) is 18.1 Å². The van der Waals surface area contributed by atoms with Gasteiger partial charge in [0.25, 0.3) is 0 Å². The highest BCUT2D eigenvalue weighted by atomic mass is 16.5. The van der Waals surface area contributed by atoms with Crippen LogP contribution in [-0.2, 0) is 4.79 Å². The SMILES string of the molecule is CCOc1ccccc1-c1cc(C)c2ccc(NC(=O)CN(C)C)c(C)c2n1. The van der Waals surface area contributed by atoms with Crippen molar-refractivity contribution < 1.29 is 9.53 Å². The molecular weight excluding hydrogens is 350 g/mol. The van der Waals surface area contributed by atoms with Crippen LogP contribution in [-0.4, -0.2) is 43.0 Å². The number of amides is 1. The first-order chi connectivity index (χ1) is 13.4. The minimum absolute atomic E-state index is 0.0398. The fourth-order valence-electron chi connectivity index (χ4n) is 3.31. The van der Waals surface area contributed by atoms with Crippen LogP contribution in [0.4, 0.5) is 5.69 Å². The number of ether oxygens (including phenoxy) is 1. The van der Waals surface area contributed by atoms with Crippen molar-refractivity contribution in [3.63, 3.8) is 0 Å². The summed E-state index contributed by atoms with van der Waals surface area (Å²) in [7, 11) is 3.75. The summed E-state index contributed by atoms with van der Waals surface area (Å²) in [4.78, 5) is 19.0. The maximum Gasteiger partial charge on any atom is 0.238 e. The third kappa shape index (κ3) is 4.15. The van der Waals surface area contributed by atoms with Crippen LogP contribution in [0.25, 0.3) is 22.2 Å². The summed E-state index contributed by atoms with van der Waals surface area (Å²) in [5.74, 6) is 0.784. The van der Waals surface area contributed by atoms with Crippen molar-refractivity contribution in [2.24, 2.45) is 0 Å². The van der Waals surface area contributed by atoms with E-state index in [-0.39, 0.29) is 5.91 Å². The molecule has 0 saturated carbocycles. The van der Waals surface area contributed by atoms with Gasteiger partial charge in [0.2, 0.25) is 5.91 Å². The van der Waals surface area contributed by atoms with Crippen LogP contribution >= 0.6 is 0 Å². The molecule has 0 unspecified atom stereocenters. The minimum atomic E-state index is -0.0398. The molecule has 5 nitrogen and oxygen atoms in total. The van der Waals surface area contributed by atoms with Crippen molar-refractivity contribution in [1.82, 2.24) is 9.88 Å². The monoisotopic (exact) mass is 377 g/mol. The average molecular weight is 377 g/mol. The number of anilines is 1. The van der Waals surface area contributed by atoms with E-state index in [1.165, 1.54) is 0 Å². The lowest BCUT2D eigenvalue weighted by Gasteiger charge is -2.15. The second kappa shape index (κ2) is 8.40. The van der Waals surface area contributed by atoms with Crippen LogP contribution in [0.2, 0.25) is 0 Å². The molecule has 1 N–H and O–H groups in total. The number of likely N-dealkylation sites (N-methyl/N-ethyl adjacent to an activating group) is 1. The molecule has 0 fully saturated rings. The molecule has 2 aromatic carbocycles. The van der Waals surface area contributed by atoms with Crippen molar-refractivity contribution in [3.05, 3.63) is 53.6 Å². The average Bonchev–Trinajstić information content (AvgIpc) is 2.64. The predicted molar refractivity (Wildman–Crippen MR) is 115 cm³/mol. The zero-order chi connectivity index (χ0) is 20.3. The Morgan fingerprint density at radius 2 is 1.89 bits per heavy atom. The van der Waals surface area contributed by atoms with Crippen LogP contribution in [0.3, 0.4) is 0 Å². The van der Waals surface area contributed by atoms with E-state index >= 15 is 0 Å². The van der Waals surface area contributed by atoms with Crippen LogP contribution in [0.15, 0.2) is 42.5 Å². The Bertz CT molecular complexity index is 1010. The van der Waals surface area contributed by atoms with E-state index in [1.807, 2.05) is 69.2 Å². The number of benzene rings is 2. The highest BCUT2D eigenvalue weighted by Crippen LogP contribution is 2.33. The molecule has 3 aromatic rings. The van der Waals surface area contributed by atoms with Gasteiger partial charge in [0.1, 0.15) is 5.75 Å². The molecule has 0 bridgehead atoms. The quantitative estimate of drug-likeness (QED) is 0.691. The third-order valence-corrected chi connectivity index (χ3v) is 4.64. The van der Waals surface area contributed by atoms with Gasteiger partial charge < -0.3 is 15.0 Å². The molecule has 28 heavy (non-hydrogen) atoms. The Balaban J connectivity index is 2.09. The van der Waals surface area contributed by atoms with Gasteiger partial charge in [-0.05, 0) is 70.3 Å². The lowest BCUT2D eigenvalue weighted by atomic mass is 10.0. The number of para-hydroxylation sites is 1. The lowest BCUT2D eigenvalue weighted by Crippen LogP contribution is -2.27. The fourth-order valence-corrected chi connectivity index (χ4v) is 3.31. The summed E-state index contributed by atoms with van der Waals surface area (Å²) < 4.78 is 5.79. The number of fused-ring (bicyclic) bond motifs is 1. The Morgan fingerprint density at radius 1 is 1.14 bits per heavy atom. The first kappa shape index (κ1) is 19.8. The number of hydrogen-bond donors (Lipinski definition) is 1. The Labute approximate surface area is 166 Å². The predicted octanol–water partition coefficient (Wildman–Crippen LogP) is 4.42. The number of rotatable bonds is 6. The zero-order valence-corrected chi connectivity index (χ0v) is 17.2. The molecule has 0 saturated heterocycles. The largest absolute Gasteiger partial charge is 0.493 e. The maximum atomic E-state index is 12.2. The Morgan fingerprint density at radius 3 is 2.61 bits per heavy atom. The molecule has 0 atom stereocenters. The van der Waals surface area contributed by atoms with Crippen LogP contribution in [0.5, 0.6) is 5.75 Å². The number of aromatic nitrogens is 1. The summed E-state index contributed by atoms with van der Waals surface area (Å²) >= 11 is 0. The number of hydrogen-bond acceptors (Lipinski definition) is 4. The van der Waals surface area contributed by atoms with E-state index in [1.54, 1.807) is 0 Å². The lowest BCUT2D eigenvalue weighted by molar-refractivity contribution is -0.116. The first-order valence-corrected chi connectivity index (χ1v) is 9.48. The van der Waals surface area contributed by atoms with Crippen LogP contribution in [0, 0.1) is 13.8 Å². The fraction of sp³-hybridized carbons (Fsp3) is 0.304. The summed E-state index contributed by atoms with van der Waals surface area (Å²) in [6.45, 7) is 7.00. The van der Waals surface area contributed by atoms with Gasteiger partial charge in [-0.1, -0.05) is 18.2 Å². The third-order valence-electron chi connectivity index (χ3n) is 4.64. The van der Waals surface area contributed by atoms with Gasteiger partial charge in [0.05, 0.1) is 24.4 Å². The molecule has 0 radical (unpaired) electrons. The van der Waals surface area contributed by atoms with E-state index in [9.17, 15) is 4.79 Å². The van der Waals surface area contributed by atoms with Crippen molar-refractivity contribution in [2.45, 2.75) is 20.8 Å². The number of aryl methyl sites for hydroxylation is 2. The summed E-state index contributed by atoms with van der Waals surface area (Å²) in [6.07, 6.45) is 0. The van der Waals surface area contributed by atoms with Crippen molar-refractivity contribution in [2.75, 3.05) is 32.6 Å². The number of nitrogens with zero attached hydrogens (tertiary/aromatic N) is 2. The topological polar surface area (TPSA) is 54.5 Å². The molecule has 1 aromatic heterocycles. The van der Waals surface area contributed by atoms with Gasteiger partial charge in [-0.15, -0.1) is 0 Å². The molecule has 0 spiro atoms. The highest BCUT2D eigenvalue weighted by Gasteiger charge is 2.14. The second-order valence-electron chi connectivity index (χ2n) is 7.17. The standard InChI is InChI=1S/C23H27N3O2/c1-6-28-21-10-8-7-9-18(21)20-13-15(2)17-11-12-19(16(3)23(17)25-20)24-22(27)14-26(4)5/h7-13H,6,14H2,1-5H3,(H,24,27). The van der Waals surface area contributed by atoms with E-state index in [4.69, 9.17) is 9.72 Å². The zero-order valence-electron chi connectivity index (χ0n) is 17.2. The minimum Gasteiger partial charge on any atom is -0.493 e. The van der Waals surface area contributed by atoms with Gasteiger partial charge in [-0.3, -0.25) is 4.79 Å². The van der Waals surface area contributed by atoms with E-state index in [0.29, 0.717) is 13.2 Å².